The van der Waals surface area contributed by atoms with E-state index in [-0.39, 0.29) is 31.8 Å². The molecule has 0 atom stereocenters. The monoisotopic (exact) mass is 485 g/mol. The molecular formula is C6H3BrNO5STl. The number of nitro groups is 1. The number of hydrogen-bond donors (Lipinski definition) is 0. The van der Waals surface area contributed by atoms with Crippen LogP contribution in [-0.2, 0) is 10.1 Å². The fourth-order valence-electron chi connectivity index (χ4n) is 0.788. The van der Waals surface area contributed by atoms with E-state index in [1.807, 2.05) is 0 Å². The first-order valence-electron chi connectivity index (χ1n) is 3.22. The minimum Gasteiger partial charge on any atom is -0.744 e. The summed E-state index contributed by atoms with van der Waals surface area (Å²) in [6.45, 7) is 0. The minimum atomic E-state index is -4.65. The molecule has 0 aromatic heterocycles. The predicted molar refractivity (Wildman–Crippen MR) is 54.5 cm³/mol. The van der Waals surface area contributed by atoms with E-state index in [1.165, 1.54) is 0 Å². The Morgan fingerprint density at radius 3 is 2.27 bits per heavy atom. The van der Waals surface area contributed by atoms with Crippen molar-refractivity contribution in [2.75, 3.05) is 0 Å². The Morgan fingerprint density at radius 2 is 1.87 bits per heavy atom. The fraction of sp³-hybridized carbons (Fsp3) is 0. The van der Waals surface area contributed by atoms with Gasteiger partial charge >= 0.3 is 27.3 Å². The molecule has 0 N–H and O–H groups in total. The van der Waals surface area contributed by atoms with Crippen LogP contribution in [0.25, 0.3) is 0 Å². The first-order valence-corrected chi connectivity index (χ1v) is 5.42. The molecule has 1 aromatic carbocycles. The Balaban J connectivity index is 0.00000196. The van der Waals surface area contributed by atoms with Gasteiger partial charge in [-0.15, -0.1) is 0 Å². The molecule has 0 saturated heterocycles. The van der Waals surface area contributed by atoms with Crippen molar-refractivity contribution < 1.29 is 17.9 Å². The van der Waals surface area contributed by atoms with E-state index in [0.717, 1.165) is 12.1 Å². The maximum Gasteiger partial charge on any atom is 1.00 e. The summed E-state index contributed by atoms with van der Waals surface area (Å²) in [4.78, 5) is 8.98. The first-order chi connectivity index (χ1) is 6.32. The van der Waals surface area contributed by atoms with E-state index in [9.17, 15) is 23.1 Å². The average Bonchev–Trinajstić information content (AvgIpc) is 2.02. The summed E-state index contributed by atoms with van der Waals surface area (Å²) in [5.74, 6) is 0. The molecule has 0 amide bonds. The van der Waals surface area contributed by atoms with Crippen molar-refractivity contribution in [2.24, 2.45) is 0 Å². The minimum absolute atomic E-state index is 0. The molecule has 1 rings (SSSR count). The van der Waals surface area contributed by atoms with E-state index in [4.69, 9.17) is 0 Å². The summed E-state index contributed by atoms with van der Waals surface area (Å²) >= 11 is 2.86. The van der Waals surface area contributed by atoms with Crippen LogP contribution in [0.5, 0.6) is 0 Å². The van der Waals surface area contributed by atoms with E-state index >= 15 is 0 Å². The topological polar surface area (TPSA) is 100 Å². The predicted octanol–water partition coefficient (Wildman–Crippen LogP) is 0.881. The van der Waals surface area contributed by atoms with E-state index in [2.05, 4.69) is 15.9 Å². The third-order valence-electron chi connectivity index (χ3n) is 1.40. The molecule has 0 saturated carbocycles. The maximum atomic E-state index is 10.5. The number of hydrogen-bond acceptors (Lipinski definition) is 5. The summed E-state index contributed by atoms with van der Waals surface area (Å²) in [6.07, 6.45) is 0. The first kappa shape index (κ1) is 14.9. The second kappa shape index (κ2) is 5.32. The van der Waals surface area contributed by atoms with Crippen molar-refractivity contribution in [3.05, 3.63) is 32.8 Å². The number of rotatable bonds is 2. The molecule has 0 radical (unpaired) electrons. The molecule has 0 heterocycles. The van der Waals surface area contributed by atoms with Gasteiger partial charge in [0, 0.05) is 6.07 Å². The second-order valence-corrected chi connectivity index (χ2v) is 4.56. The maximum absolute atomic E-state index is 10.5. The van der Waals surface area contributed by atoms with Crippen LogP contribution in [0.4, 0.5) is 5.69 Å². The summed E-state index contributed by atoms with van der Waals surface area (Å²) in [5.41, 5.74) is -0.457. The molecule has 0 bridgehead atoms. The normalized spacial score (nSPS) is 10.5. The van der Waals surface area contributed by atoms with Gasteiger partial charge in [0.1, 0.15) is 10.1 Å². The number of benzene rings is 1. The molecule has 15 heavy (non-hydrogen) atoms. The van der Waals surface area contributed by atoms with Crippen molar-refractivity contribution in [1.82, 2.24) is 0 Å². The number of nitrogens with zero attached hydrogens (tertiary/aromatic N) is 1. The SMILES string of the molecule is O=[N+]([O-])c1cc(S(=O)(=O)[O-])ccc1Br.[Tl+]. The van der Waals surface area contributed by atoms with Crippen LogP contribution in [0, 0.1) is 10.1 Å². The molecule has 9 heteroatoms. The smallest absolute Gasteiger partial charge is 0.744 e. The molecule has 6 nitrogen and oxygen atoms in total. The third kappa shape index (κ3) is 3.77. The summed E-state index contributed by atoms with van der Waals surface area (Å²) in [7, 11) is -4.65. The van der Waals surface area contributed by atoms with Gasteiger partial charge in [-0.2, -0.15) is 0 Å². The number of nitro benzene ring substituents is 1. The zero-order valence-corrected chi connectivity index (χ0v) is 14.0. The molecule has 1 aromatic rings. The van der Waals surface area contributed by atoms with Crippen LogP contribution in [0.15, 0.2) is 27.6 Å². The van der Waals surface area contributed by atoms with Gasteiger partial charge < -0.3 is 4.55 Å². The van der Waals surface area contributed by atoms with Gasteiger partial charge in [0.15, 0.2) is 0 Å². The van der Waals surface area contributed by atoms with Crippen molar-refractivity contribution in [2.45, 2.75) is 4.90 Å². The quantitative estimate of drug-likeness (QED) is 0.268. The third-order valence-corrected chi connectivity index (χ3v) is 2.90. The van der Waals surface area contributed by atoms with Gasteiger partial charge in [0.05, 0.1) is 14.3 Å². The Morgan fingerprint density at radius 1 is 1.33 bits per heavy atom. The number of halogens is 1. The zero-order valence-electron chi connectivity index (χ0n) is 7.08. The van der Waals surface area contributed by atoms with Crippen LogP contribution in [0.1, 0.15) is 0 Å². The Hall–Kier alpha value is -0.0679. The van der Waals surface area contributed by atoms with Gasteiger partial charge in [0.2, 0.25) is 0 Å². The van der Waals surface area contributed by atoms with Crippen molar-refractivity contribution in [1.29, 1.82) is 0 Å². The van der Waals surface area contributed by atoms with Crippen molar-refractivity contribution in [3.63, 3.8) is 0 Å². The van der Waals surface area contributed by atoms with Gasteiger partial charge in [-0.05, 0) is 28.1 Å². The van der Waals surface area contributed by atoms with Gasteiger partial charge in [0.25, 0.3) is 5.69 Å². The van der Waals surface area contributed by atoms with Crippen LogP contribution < -0.4 is 0 Å². The van der Waals surface area contributed by atoms with Crippen molar-refractivity contribution >= 4 is 59.0 Å². The largest absolute Gasteiger partial charge is 1.00 e. The van der Waals surface area contributed by atoms with Gasteiger partial charge in [-0.3, -0.25) is 10.1 Å². The molecule has 0 spiro atoms. The van der Waals surface area contributed by atoms with Gasteiger partial charge in [-0.25, -0.2) is 8.42 Å². The fourth-order valence-corrected chi connectivity index (χ4v) is 1.67. The van der Waals surface area contributed by atoms with Gasteiger partial charge in [-0.1, -0.05) is 0 Å². The molecule has 0 aliphatic rings. The summed E-state index contributed by atoms with van der Waals surface area (Å²) < 4.78 is 31.7. The molecule has 0 fully saturated rings. The Labute approximate surface area is 114 Å². The molecule has 0 unspecified atom stereocenters. The van der Waals surface area contributed by atoms with Crippen LogP contribution in [-0.4, -0.2) is 45.2 Å². The summed E-state index contributed by atoms with van der Waals surface area (Å²) in [6, 6.07) is 2.86. The van der Waals surface area contributed by atoms with E-state index in [1.54, 1.807) is 0 Å². The molecular weight excluding hydrogens is 482 g/mol. The standard InChI is InChI=1S/C6H4BrNO5S.Tl/c7-5-2-1-4(14(11,12)13)3-6(5)8(9)10;/h1-3H,(H,11,12,13);/q;+1/p-1. The summed E-state index contributed by atoms with van der Waals surface area (Å²) in [5, 5.41) is 10.4. The zero-order chi connectivity index (χ0) is 10.9. The molecule has 0 aliphatic carbocycles. The van der Waals surface area contributed by atoms with E-state index < -0.39 is 25.6 Å². The van der Waals surface area contributed by atoms with E-state index in [0.29, 0.717) is 6.07 Å². The van der Waals surface area contributed by atoms with Crippen LogP contribution in [0.2, 0.25) is 0 Å². The Kier molecular flexibility index (Phi) is 5.29. The van der Waals surface area contributed by atoms with Crippen LogP contribution in [0.3, 0.4) is 0 Å². The molecule has 0 aliphatic heterocycles. The second-order valence-electron chi connectivity index (χ2n) is 2.32. The Bertz CT molecular complexity index is 488. The van der Waals surface area contributed by atoms with Crippen LogP contribution >= 0.6 is 15.9 Å². The average molecular weight is 485 g/mol. The van der Waals surface area contributed by atoms with Crippen molar-refractivity contribution in [3.8, 4) is 0 Å². The molecule has 78 valence electrons.